The highest BCUT2D eigenvalue weighted by atomic mass is 16.5. The second-order valence-corrected chi connectivity index (χ2v) is 6.63. The van der Waals surface area contributed by atoms with Gasteiger partial charge in [0, 0.05) is 5.56 Å². The first-order valence-electron chi connectivity index (χ1n) is 8.05. The van der Waals surface area contributed by atoms with Gasteiger partial charge in [-0.1, -0.05) is 30.3 Å². The van der Waals surface area contributed by atoms with Crippen LogP contribution in [0.25, 0.3) is 0 Å². The largest absolute Gasteiger partial charge is 0.462 e. The molecule has 0 N–H and O–H groups in total. The van der Waals surface area contributed by atoms with Crippen LogP contribution in [0.3, 0.4) is 0 Å². The van der Waals surface area contributed by atoms with Gasteiger partial charge in [0.05, 0.1) is 6.61 Å². The molecule has 4 rings (SSSR count). The summed E-state index contributed by atoms with van der Waals surface area (Å²) in [6.07, 6.45) is 0. The predicted octanol–water partition coefficient (Wildman–Crippen LogP) is 1.41. The van der Waals surface area contributed by atoms with Crippen LogP contribution in [0.5, 0.6) is 0 Å². The third-order valence-electron chi connectivity index (χ3n) is 5.28. The van der Waals surface area contributed by atoms with Crippen LogP contribution in [0, 0.1) is 0 Å². The summed E-state index contributed by atoms with van der Waals surface area (Å²) < 4.78 is 7.30. The fraction of sp³-hybridized carbons (Fsp3) is 0.588. The smallest absolute Gasteiger partial charge is 0.361 e. The van der Waals surface area contributed by atoms with E-state index < -0.39 is 0 Å². The fourth-order valence-corrected chi connectivity index (χ4v) is 3.87. The van der Waals surface area contributed by atoms with Crippen LogP contribution in [0.15, 0.2) is 30.3 Å². The summed E-state index contributed by atoms with van der Waals surface area (Å²) in [6.45, 7) is 11.0. The Bertz CT molecular complexity index is 476. The van der Waals surface area contributed by atoms with Gasteiger partial charge in [0.25, 0.3) is 0 Å². The normalized spacial score (nSPS) is 31.1. The molecule has 0 radical (unpaired) electrons. The Balaban J connectivity index is 1.62. The minimum absolute atomic E-state index is 0.0255. The number of quaternary nitrogens is 2. The van der Waals surface area contributed by atoms with Gasteiger partial charge in [0.15, 0.2) is 6.54 Å². The van der Waals surface area contributed by atoms with E-state index in [0.29, 0.717) is 13.2 Å². The van der Waals surface area contributed by atoms with E-state index in [1.807, 2.05) is 6.92 Å². The van der Waals surface area contributed by atoms with Gasteiger partial charge in [0.1, 0.15) is 45.8 Å². The highest BCUT2D eigenvalue weighted by molar-refractivity contribution is 5.70. The fourth-order valence-electron chi connectivity index (χ4n) is 3.87. The monoisotopic (exact) mass is 290 g/mol. The maximum atomic E-state index is 11.8. The summed E-state index contributed by atoms with van der Waals surface area (Å²) >= 11 is 0. The van der Waals surface area contributed by atoms with E-state index in [4.69, 9.17) is 4.74 Å². The predicted molar refractivity (Wildman–Crippen MR) is 81.4 cm³/mol. The highest BCUT2D eigenvalue weighted by Gasteiger charge is 2.49. The average Bonchev–Trinajstić information content (AvgIpc) is 2.50. The molecule has 0 unspecified atom stereocenters. The van der Waals surface area contributed by atoms with Crippen LogP contribution in [0.2, 0.25) is 0 Å². The van der Waals surface area contributed by atoms with E-state index >= 15 is 0 Å². The van der Waals surface area contributed by atoms with Crippen molar-refractivity contribution in [2.75, 3.05) is 52.4 Å². The number of hydrogen-bond acceptors (Lipinski definition) is 2. The molecule has 0 atom stereocenters. The molecule has 0 spiro atoms. The summed E-state index contributed by atoms with van der Waals surface area (Å²) in [4.78, 5) is 11.8. The lowest BCUT2D eigenvalue weighted by Crippen LogP contribution is -2.75. The van der Waals surface area contributed by atoms with Crippen molar-refractivity contribution < 1.29 is 18.5 Å². The van der Waals surface area contributed by atoms with Gasteiger partial charge < -0.3 is 13.7 Å². The van der Waals surface area contributed by atoms with Crippen LogP contribution in [-0.4, -0.2) is 67.4 Å². The van der Waals surface area contributed by atoms with Gasteiger partial charge in [-0.2, -0.15) is 0 Å². The molecule has 3 heterocycles. The molecule has 3 aliphatic rings. The van der Waals surface area contributed by atoms with Gasteiger partial charge in [-0.25, -0.2) is 4.79 Å². The van der Waals surface area contributed by atoms with Crippen LogP contribution < -0.4 is 0 Å². The van der Waals surface area contributed by atoms with E-state index in [0.717, 1.165) is 30.7 Å². The van der Waals surface area contributed by atoms with Crippen LogP contribution in [0.1, 0.15) is 12.5 Å². The highest BCUT2D eigenvalue weighted by Crippen LogP contribution is 2.28. The molecule has 3 saturated heterocycles. The summed E-state index contributed by atoms with van der Waals surface area (Å²) in [5.41, 5.74) is 1.43. The van der Waals surface area contributed by atoms with Crippen molar-refractivity contribution in [3.05, 3.63) is 35.9 Å². The molecule has 0 aliphatic carbocycles. The topological polar surface area (TPSA) is 26.3 Å². The van der Waals surface area contributed by atoms with E-state index in [9.17, 15) is 4.79 Å². The number of carbonyl (C=O) groups excluding carboxylic acids is 1. The molecular weight excluding hydrogens is 264 g/mol. The molecule has 1 aromatic rings. The van der Waals surface area contributed by atoms with Gasteiger partial charge in [-0.3, -0.25) is 0 Å². The van der Waals surface area contributed by atoms with Crippen molar-refractivity contribution in [3.63, 3.8) is 0 Å². The number of fused-ring (bicyclic) bond motifs is 3. The number of esters is 1. The molecule has 0 aromatic heterocycles. The SMILES string of the molecule is CCOC(=O)C[N+]12CC[N+](Cc3ccccc3)(CC1)CC2. The lowest BCUT2D eigenvalue weighted by atomic mass is 10.0. The Morgan fingerprint density at radius 2 is 1.57 bits per heavy atom. The number of piperazine rings is 3. The van der Waals surface area contributed by atoms with E-state index in [2.05, 4.69) is 30.3 Å². The zero-order chi connectivity index (χ0) is 14.8. The third kappa shape index (κ3) is 3.11. The minimum atomic E-state index is -0.0255. The maximum Gasteiger partial charge on any atom is 0.361 e. The van der Waals surface area contributed by atoms with Gasteiger partial charge in [0.2, 0.25) is 0 Å². The van der Waals surface area contributed by atoms with Crippen LogP contribution in [-0.2, 0) is 16.1 Å². The molecule has 3 aliphatic heterocycles. The first-order chi connectivity index (χ1) is 10.2. The molecule has 0 amide bonds. The Hall–Kier alpha value is -1.39. The van der Waals surface area contributed by atoms with E-state index in [1.165, 1.54) is 29.7 Å². The molecule has 3 fully saturated rings. The van der Waals surface area contributed by atoms with Gasteiger partial charge in [-0.05, 0) is 6.92 Å². The minimum Gasteiger partial charge on any atom is -0.462 e. The zero-order valence-electron chi connectivity index (χ0n) is 13.0. The Morgan fingerprint density at radius 1 is 1.00 bits per heavy atom. The summed E-state index contributed by atoms with van der Waals surface area (Å²) in [6, 6.07) is 10.8. The Morgan fingerprint density at radius 3 is 2.14 bits per heavy atom. The maximum absolute atomic E-state index is 11.8. The van der Waals surface area contributed by atoms with E-state index in [-0.39, 0.29) is 5.97 Å². The van der Waals surface area contributed by atoms with Crippen molar-refractivity contribution in [3.8, 4) is 0 Å². The summed E-state index contributed by atoms with van der Waals surface area (Å²) in [7, 11) is 0. The lowest BCUT2D eigenvalue weighted by Gasteiger charge is -2.55. The van der Waals surface area contributed by atoms with Crippen LogP contribution in [0.4, 0.5) is 0 Å². The van der Waals surface area contributed by atoms with Crippen molar-refractivity contribution in [1.82, 2.24) is 0 Å². The first-order valence-corrected chi connectivity index (χ1v) is 8.05. The first kappa shape index (κ1) is 14.5. The van der Waals surface area contributed by atoms with Crippen molar-refractivity contribution in [2.45, 2.75) is 13.5 Å². The second kappa shape index (κ2) is 5.78. The standard InChI is InChI=1S/C17H26N2O2/c1-2-21-17(20)15-19-11-8-18(9-12-19,10-13-19)14-16-6-4-3-5-7-16/h3-7H,2,8-15H2,1H3/q+2. The van der Waals surface area contributed by atoms with Crippen molar-refractivity contribution in [1.29, 1.82) is 0 Å². The number of ether oxygens (including phenoxy) is 1. The number of nitrogens with zero attached hydrogens (tertiary/aromatic N) is 2. The molecule has 1 aromatic carbocycles. The van der Waals surface area contributed by atoms with E-state index in [1.54, 1.807) is 0 Å². The summed E-state index contributed by atoms with van der Waals surface area (Å²) in [5.74, 6) is -0.0255. The van der Waals surface area contributed by atoms with Gasteiger partial charge in [-0.15, -0.1) is 0 Å². The molecule has 2 bridgehead atoms. The molecule has 21 heavy (non-hydrogen) atoms. The molecule has 114 valence electrons. The molecule has 4 heteroatoms. The number of benzene rings is 1. The second-order valence-electron chi connectivity index (χ2n) is 6.63. The third-order valence-corrected chi connectivity index (χ3v) is 5.28. The molecule has 4 nitrogen and oxygen atoms in total. The molecule has 0 saturated carbocycles. The van der Waals surface area contributed by atoms with Crippen LogP contribution >= 0.6 is 0 Å². The van der Waals surface area contributed by atoms with Crippen molar-refractivity contribution in [2.24, 2.45) is 0 Å². The average molecular weight is 290 g/mol. The Kier molecular flexibility index (Phi) is 4.00. The van der Waals surface area contributed by atoms with Gasteiger partial charge >= 0.3 is 5.97 Å². The Labute approximate surface area is 127 Å². The quantitative estimate of drug-likeness (QED) is 0.605. The number of carbonyl (C=O) groups is 1. The lowest BCUT2D eigenvalue weighted by molar-refractivity contribution is -1.08. The summed E-state index contributed by atoms with van der Waals surface area (Å²) in [5, 5.41) is 0. The number of rotatable bonds is 5. The number of hydrogen-bond donors (Lipinski definition) is 0. The van der Waals surface area contributed by atoms with Crippen molar-refractivity contribution >= 4 is 5.97 Å². The zero-order valence-corrected chi connectivity index (χ0v) is 13.0. The molecular formula is C17H26N2O2+2.